The lowest BCUT2D eigenvalue weighted by molar-refractivity contribution is -0.0533. The first-order valence-electron chi connectivity index (χ1n) is 14.1. The summed E-state index contributed by atoms with van der Waals surface area (Å²) in [6.07, 6.45) is 0. The highest BCUT2D eigenvalue weighted by Gasteiger charge is 2.74. The molecule has 0 aromatic heterocycles. The second kappa shape index (κ2) is 9.50. The highest BCUT2D eigenvalue weighted by molar-refractivity contribution is 6.08. The Labute approximate surface area is 240 Å². The molecule has 2 aliphatic rings. The molecule has 200 valence electrons. The zero-order valence-electron chi connectivity index (χ0n) is 23.1. The van der Waals surface area contributed by atoms with Gasteiger partial charge in [0, 0.05) is 11.1 Å². The minimum Gasteiger partial charge on any atom is -0.348 e. The van der Waals surface area contributed by atoms with Crippen molar-refractivity contribution in [2.75, 3.05) is 0 Å². The maximum atomic E-state index is 14.9. The van der Waals surface area contributed by atoms with Gasteiger partial charge in [0.15, 0.2) is 11.6 Å². The van der Waals surface area contributed by atoms with Gasteiger partial charge in [-0.2, -0.15) is 0 Å². The summed E-state index contributed by atoms with van der Waals surface area (Å²) in [5.74, 6) is -1.78. The van der Waals surface area contributed by atoms with Gasteiger partial charge in [0.2, 0.25) is 0 Å². The van der Waals surface area contributed by atoms with E-state index in [0.717, 1.165) is 33.4 Å². The maximum absolute atomic E-state index is 14.9. The van der Waals surface area contributed by atoms with Crippen LogP contribution in [-0.2, 0) is 15.9 Å². The van der Waals surface area contributed by atoms with E-state index in [-0.39, 0.29) is 11.6 Å². The Morgan fingerprint density at radius 3 is 1.17 bits per heavy atom. The number of Topliss-reactive ketones (excluding diaryl/α,β-unsaturated/α-hetero) is 2. The van der Waals surface area contributed by atoms with Crippen molar-refractivity contribution < 1.29 is 14.3 Å². The Bertz CT molecular complexity index is 1630. The fraction of sp³-hybridized carbons (Fsp3) is 0.158. The summed E-state index contributed by atoms with van der Waals surface area (Å²) >= 11 is 0. The first-order chi connectivity index (χ1) is 20.0. The average Bonchev–Trinajstić information content (AvgIpc) is 3.51. The lowest BCUT2D eigenvalue weighted by atomic mass is 9.57. The second-order valence-corrected chi connectivity index (χ2v) is 11.2. The van der Waals surface area contributed by atoms with Crippen LogP contribution < -0.4 is 0 Å². The van der Waals surface area contributed by atoms with Gasteiger partial charge in [-0.15, -0.1) is 0 Å². The molecule has 0 spiro atoms. The van der Waals surface area contributed by atoms with E-state index in [1.807, 2.05) is 121 Å². The molecule has 0 saturated carbocycles. The predicted molar refractivity (Wildman–Crippen MR) is 160 cm³/mol. The molecule has 0 radical (unpaired) electrons. The summed E-state index contributed by atoms with van der Waals surface area (Å²) < 4.78 is 7.47. The summed E-state index contributed by atoms with van der Waals surface area (Å²) in [5.41, 5.74) is 4.74. The molecule has 2 bridgehead atoms. The van der Waals surface area contributed by atoms with Crippen molar-refractivity contribution in [1.29, 1.82) is 0 Å². The molecule has 3 heteroatoms. The number of benzene rings is 5. The van der Waals surface area contributed by atoms with Gasteiger partial charge in [-0.1, -0.05) is 133 Å². The number of ketones is 2. The summed E-state index contributed by atoms with van der Waals surface area (Å²) in [5, 5.41) is 0. The van der Waals surface area contributed by atoms with Gasteiger partial charge < -0.3 is 4.74 Å². The van der Waals surface area contributed by atoms with E-state index in [1.165, 1.54) is 0 Å². The molecule has 5 aromatic carbocycles. The van der Waals surface area contributed by atoms with E-state index < -0.39 is 23.0 Å². The Morgan fingerprint density at radius 1 is 0.512 bits per heavy atom. The molecule has 3 nitrogen and oxygen atoms in total. The number of hydrogen-bond acceptors (Lipinski definition) is 3. The van der Waals surface area contributed by atoms with Crippen LogP contribution in [0, 0.1) is 25.7 Å². The quantitative estimate of drug-likeness (QED) is 0.209. The molecule has 1 saturated heterocycles. The van der Waals surface area contributed by atoms with Crippen LogP contribution in [0.3, 0.4) is 0 Å². The summed E-state index contributed by atoms with van der Waals surface area (Å²) in [6.45, 7) is 4.19. The van der Waals surface area contributed by atoms with Crippen LogP contribution in [0.2, 0.25) is 0 Å². The van der Waals surface area contributed by atoms with Gasteiger partial charge in [-0.3, -0.25) is 9.59 Å². The third-order valence-corrected chi connectivity index (χ3v) is 9.05. The normalized spacial score (nSPS) is 24.1. The number of fused-ring (bicyclic) bond motifs is 5. The monoisotopic (exact) mass is 534 g/mol. The topological polar surface area (TPSA) is 43.4 Å². The summed E-state index contributed by atoms with van der Waals surface area (Å²) in [4.78, 5) is 29.7. The Kier molecular flexibility index (Phi) is 5.88. The Morgan fingerprint density at radius 2 is 0.829 bits per heavy atom. The highest BCUT2D eigenvalue weighted by Crippen LogP contribution is 2.69. The molecule has 41 heavy (non-hydrogen) atoms. The first-order valence-corrected chi connectivity index (χ1v) is 14.1. The number of carbonyl (C=O) groups is 2. The number of ether oxygens (including phenoxy) is 1. The van der Waals surface area contributed by atoms with Crippen LogP contribution in [-0.4, -0.2) is 11.6 Å². The van der Waals surface area contributed by atoms with E-state index in [9.17, 15) is 9.59 Å². The Hall–Kier alpha value is -4.60. The number of carbonyl (C=O) groups excluding carboxylic acids is 2. The van der Waals surface area contributed by atoms with Crippen LogP contribution >= 0.6 is 0 Å². The maximum Gasteiger partial charge on any atom is 0.170 e. The molecule has 2 aliphatic heterocycles. The molecule has 1 fully saturated rings. The van der Waals surface area contributed by atoms with Crippen LogP contribution in [0.5, 0.6) is 0 Å². The highest BCUT2D eigenvalue weighted by atomic mass is 16.5. The molecule has 0 amide bonds. The second-order valence-electron chi connectivity index (χ2n) is 11.2. The van der Waals surface area contributed by atoms with E-state index in [2.05, 4.69) is 26.0 Å². The molecule has 0 N–H and O–H groups in total. The lowest BCUT2D eigenvalue weighted by Crippen LogP contribution is -2.48. The third kappa shape index (κ3) is 3.55. The van der Waals surface area contributed by atoms with Crippen LogP contribution in [0.25, 0.3) is 0 Å². The van der Waals surface area contributed by atoms with Crippen LogP contribution in [0.15, 0.2) is 133 Å². The van der Waals surface area contributed by atoms with Gasteiger partial charge in [0.05, 0.1) is 11.8 Å². The molecular formula is C38H30O3. The van der Waals surface area contributed by atoms with Gasteiger partial charge in [-0.25, -0.2) is 0 Å². The van der Waals surface area contributed by atoms with Crippen molar-refractivity contribution in [1.82, 2.24) is 0 Å². The van der Waals surface area contributed by atoms with Crippen LogP contribution in [0.4, 0.5) is 0 Å². The van der Waals surface area contributed by atoms with Gasteiger partial charge in [0.1, 0.15) is 11.2 Å². The van der Waals surface area contributed by atoms with Crippen LogP contribution in [0.1, 0.15) is 54.1 Å². The number of aryl methyl sites for hydroxylation is 2. The standard InChI is InChI=1S/C38H30O3/c1-25-23-31-32(24-26(25)2)38(30-21-13-6-14-22-30)34(36(40)28-17-9-4-10-18-28)33(35(39)27-15-7-3-8-16-27)37(31,41-38)29-19-11-5-12-20-29/h3-24,33-34H,1-2H3. The predicted octanol–water partition coefficient (Wildman–Crippen LogP) is 7.83. The number of rotatable bonds is 6. The summed E-state index contributed by atoms with van der Waals surface area (Å²) in [6, 6.07) is 43.0. The zero-order valence-corrected chi connectivity index (χ0v) is 23.1. The molecule has 2 heterocycles. The van der Waals surface area contributed by atoms with Crippen molar-refractivity contribution in [2.24, 2.45) is 11.8 Å². The summed E-state index contributed by atoms with van der Waals surface area (Å²) in [7, 11) is 0. The molecule has 4 unspecified atom stereocenters. The smallest absolute Gasteiger partial charge is 0.170 e. The van der Waals surface area contributed by atoms with Gasteiger partial charge in [0.25, 0.3) is 0 Å². The molecular weight excluding hydrogens is 504 g/mol. The van der Waals surface area contributed by atoms with Gasteiger partial charge in [-0.05, 0) is 47.2 Å². The Balaban J connectivity index is 1.62. The fourth-order valence-electron chi connectivity index (χ4n) is 7.12. The largest absolute Gasteiger partial charge is 0.348 e. The van der Waals surface area contributed by atoms with E-state index in [1.54, 1.807) is 0 Å². The minimum atomic E-state index is -1.16. The van der Waals surface area contributed by atoms with E-state index in [0.29, 0.717) is 11.1 Å². The molecule has 4 atom stereocenters. The van der Waals surface area contributed by atoms with Crippen molar-refractivity contribution >= 4 is 11.6 Å². The molecule has 7 rings (SSSR count). The van der Waals surface area contributed by atoms with Crippen molar-refractivity contribution in [3.05, 3.63) is 178 Å². The first kappa shape index (κ1) is 25.4. The fourth-order valence-corrected chi connectivity index (χ4v) is 7.12. The van der Waals surface area contributed by atoms with Crippen molar-refractivity contribution in [2.45, 2.75) is 25.0 Å². The molecule has 5 aromatic rings. The van der Waals surface area contributed by atoms with Gasteiger partial charge >= 0.3 is 0 Å². The van der Waals surface area contributed by atoms with E-state index in [4.69, 9.17) is 4.74 Å². The van der Waals surface area contributed by atoms with E-state index >= 15 is 0 Å². The number of hydrogen-bond donors (Lipinski definition) is 0. The SMILES string of the molecule is Cc1cc2c(cc1C)C1(c3ccccc3)OC2(c2ccccc2)C(C(=O)c2ccccc2)C1C(=O)c1ccccc1. The zero-order chi connectivity index (χ0) is 28.2. The third-order valence-electron chi connectivity index (χ3n) is 9.05. The van der Waals surface area contributed by atoms with Crippen molar-refractivity contribution in [3.8, 4) is 0 Å². The minimum absolute atomic E-state index is 0.0922. The lowest BCUT2D eigenvalue weighted by Gasteiger charge is -2.40. The van der Waals surface area contributed by atoms with Crippen molar-refractivity contribution in [3.63, 3.8) is 0 Å². The average molecular weight is 535 g/mol. The molecule has 0 aliphatic carbocycles.